The summed E-state index contributed by atoms with van der Waals surface area (Å²) in [6, 6.07) is 15.6. The van der Waals surface area contributed by atoms with E-state index in [1.165, 1.54) is 0 Å². The molecule has 0 spiro atoms. The number of benzene rings is 2. The van der Waals surface area contributed by atoms with Gasteiger partial charge in [-0.3, -0.25) is 0 Å². The predicted octanol–water partition coefficient (Wildman–Crippen LogP) is 4.57. The van der Waals surface area contributed by atoms with Crippen molar-refractivity contribution in [1.29, 1.82) is 0 Å². The lowest BCUT2D eigenvalue weighted by molar-refractivity contribution is -0.109. The smallest absolute Gasteiger partial charge is 0.407 e. The molecule has 0 aromatic heterocycles. The summed E-state index contributed by atoms with van der Waals surface area (Å²) in [5, 5.41) is 6.04. The number of carbonyl (C=O) groups excluding carboxylic acids is 2. The van der Waals surface area contributed by atoms with Gasteiger partial charge >= 0.3 is 6.09 Å². The highest BCUT2D eigenvalue weighted by molar-refractivity contribution is 5.79. The third kappa shape index (κ3) is 4.50. The summed E-state index contributed by atoms with van der Waals surface area (Å²) in [4.78, 5) is 26.0. The number of azide groups is 1. The average Bonchev–Trinajstić information content (AvgIpc) is 3.05. The van der Waals surface area contributed by atoms with Crippen molar-refractivity contribution >= 4 is 12.4 Å². The van der Waals surface area contributed by atoms with E-state index in [4.69, 9.17) is 10.3 Å². The zero-order chi connectivity index (χ0) is 19.8. The zero-order valence-electron chi connectivity index (χ0n) is 15.5. The Morgan fingerprint density at radius 1 is 1.14 bits per heavy atom. The summed E-state index contributed by atoms with van der Waals surface area (Å²) in [5.41, 5.74) is 12.8. The minimum Gasteiger partial charge on any atom is -0.449 e. The van der Waals surface area contributed by atoms with Gasteiger partial charge in [0, 0.05) is 17.4 Å². The number of ether oxygens (including phenoxy) is 1. The molecule has 1 amide bonds. The van der Waals surface area contributed by atoms with E-state index in [0.717, 1.165) is 22.3 Å². The molecule has 0 bridgehead atoms. The second-order valence-corrected chi connectivity index (χ2v) is 6.66. The maximum Gasteiger partial charge on any atom is 0.407 e. The summed E-state index contributed by atoms with van der Waals surface area (Å²) < 4.78 is 5.44. The summed E-state index contributed by atoms with van der Waals surface area (Å²) >= 11 is 0. The van der Waals surface area contributed by atoms with Gasteiger partial charge in [-0.1, -0.05) is 60.1 Å². The number of aldehydes is 1. The van der Waals surface area contributed by atoms with Gasteiger partial charge in [0.1, 0.15) is 12.9 Å². The predicted molar refractivity (Wildman–Crippen MR) is 106 cm³/mol. The third-order valence-corrected chi connectivity index (χ3v) is 4.90. The molecule has 2 aromatic carbocycles. The van der Waals surface area contributed by atoms with Crippen molar-refractivity contribution in [2.45, 2.75) is 31.2 Å². The van der Waals surface area contributed by atoms with Crippen molar-refractivity contribution in [3.8, 4) is 11.1 Å². The highest BCUT2D eigenvalue weighted by Gasteiger charge is 2.29. The highest BCUT2D eigenvalue weighted by Crippen LogP contribution is 2.44. The molecule has 0 fully saturated rings. The van der Waals surface area contributed by atoms with Crippen LogP contribution in [0, 0.1) is 0 Å². The number of nitrogens with zero attached hydrogens (tertiary/aromatic N) is 3. The Bertz CT molecular complexity index is 847. The van der Waals surface area contributed by atoms with E-state index >= 15 is 0 Å². The Balaban J connectivity index is 1.56. The number of amides is 1. The zero-order valence-corrected chi connectivity index (χ0v) is 15.5. The van der Waals surface area contributed by atoms with E-state index < -0.39 is 12.1 Å². The lowest BCUT2D eigenvalue weighted by Gasteiger charge is -2.16. The van der Waals surface area contributed by atoms with Crippen molar-refractivity contribution < 1.29 is 14.3 Å². The molecule has 7 heteroatoms. The molecule has 0 aliphatic heterocycles. The van der Waals surface area contributed by atoms with Crippen LogP contribution in [0.3, 0.4) is 0 Å². The first-order valence-corrected chi connectivity index (χ1v) is 9.32. The van der Waals surface area contributed by atoms with E-state index in [1.54, 1.807) is 0 Å². The third-order valence-electron chi connectivity index (χ3n) is 4.90. The van der Waals surface area contributed by atoms with Gasteiger partial charge in [-0.25, -0.2) is 4.79 Å². The fourth-order valence-electron chi connectivity index (χ4n) is 3.56. The van der Waals surface area contributed by atoms with Crippen molar-refractivity contribution in [3.63, 3.8) is 0 Å². The standard InChI is InChI=1S/C21H22N4O3/c22-25-23-12-6-5-7-15(13-26)24-21(27)28-14-20-18-10-3-1-8-16(18)17-9-2-4-11-19(17)20/h1-4,8-11,13,15,20H,5-7,12,14H2,(H,24,27)/t15-/m1/s1. The molecule has 3 rings (SSSR count). The van der Waals surface area contributed by atoms with Gasteiger partial charge in [-0.2, -0.15) is 0 Å². The van der Waals surface area contributed by atoms with Crippen molar-refractivity contribution in [1.82, 2.24) is 5.32 Å². The van der Waals surface area contributed by atoms with E-state index in [9.17, 15) is 9.59 Å². The number of rotatable bonds is 9. The molecule has 1 aliphatic rings. The number of carbonyl (C=O) groups is 2. The van der Waals surface area contributed by atoms with Gasteiger partial charge in [0.05, 0.1) is 6.04 Å². The van der Waals surface area contributed by atoms with E-state index in [-0.39, 0.29) is 12.5 Å². The van der Waals surface area contributed by atoms with Gasteiger partial charge in [0.25, 0.3) is 0 Å². The molecule has 2 aromatic rings. The molecule has 0 radical (unpaired) electrons. The summed E-state index contributed by atoms with van der Waals surface area (Å²) in [7, 11) is 0. The number of alkyl carbamates (subject to hydrolysis) is 1. The van der Waals surface area contributed by atoms with Crippen molar-refractivity contribution in [2.24, 2.45) is 5.11 Å². The maximum atomic E-state index is 12.2. The Hall–Kier alpha value is -3.31. The van der Waals surface area contributed by atoms with Crippen molar-refractivity contribution in [2.75, 3.05) is 13.2 Å². The van der Waals surface area contributed by atoms with Gasteiger partial charge in [0.2, 0.25) is 0 Å². The monoisotopic (exact) mass is 378 g/mol. The van der Waals surface area contributed by atoms with E-state index in [0.29, 0.717) is 32.1 Å². The Morgan fingerprint density at radius 2 is 1.79 bits per heavy atom. The Morgan fingerprint density at radius 3 is 2.39 bits per heavy atom. The lowest BCUT2D eigenvalue weighted by atomic mass is 9.98. The quantitative estimate of drug-likeness (QED) is 0.227. The van der Waals surface area contributed by atoms with Crippen LogP contribution in [-0.4, -0.2) is 31.6 Å². The highest BCUT2D eigenvalue weighted by atomic mass is 16.5. The molecule has 28 heavy (non-hydrogen) atoms. The molecule has 1 N–H and O–H groups in total. The molecule has 0 saturated carbocycles. The molecular weight excluding hydrogens is 356 g/mol. The van der Waals surface area contributed by atoms with Crippen LogP contribution >= 0.6 is 0 Å². The molecule has 144 valence electrons. The molecule has 0 heterocycles. The van der Waals surface area contributed by atoms with Gasteiger partial charge in [0.15, 0.2) is 0 Å². The van der Waals surface area contributed by atoms with Gasteiger partial charge < -0.3 is 14.8 Å². The first-order valence-electron chi connectivity index (χ1n) is 9.32. The molecule has 0 unspecified atom stereocenters. The molecule has 1 atom stereocenters. The van der Waals surface area contributed by atoms with Crippen molar-refractivity contribution in [3.05, 3.63) is 70.1 Å². The van der Waals surface area contributed by atoms with E-state index in [2.05, 4.69) is 39.6 Å². The minimum atomic E-state index is -0.610. The van der Waals surface area contributed by atoms with Crippen LogP contribution in [0.25, 0.3) is 21.6 Å². The van der Waals surface area contributed by atoms with Gasteiger partial charge in [-0.15, -0.1) is 0 Å². The van der Waals surface area contributed by atoms with E-state index in [1.807, 2.05) is 24.3 Å². The minimum absolute atomic E-state index is 0.0170. The van der Waals surface area contributed by atoms with Crippen LogP contribution in [0.1, 0.15) is 36.3 Å². The molecule has 0 saturated heterocycles. The fourth-order valence-corrected chi connectivity index (χ4v) is 3.56. The number of unbranched alkanes of at least 4 members (excludes halogenated alkanes) is 1. The lowest BCUT2D eigenvalue weighted by Crippen LogP contribution is -2.37. The van der Waals surface area contributed by atoms with Crippen LogP contribution in [0.4, 0.5) is 4.79 Å². The second-order valence-electron chi connectivity index (χ2n) is 6.66. The molecular formula is C21H22N4O3. The molecule has 7 nitrogen and oxygen atoms in total. The van der Waals surface area contributed by atoms with Crippen LogP contribution in [0.2, 0.25) is 0 Å². The number of hydrogen-bond acceptors (Lipinski definition) is 4. The molecule has 1 aliphatic carbocycles. The topological polar surface area (TPSA) is 104 Å². The number of hydrogen-bond donors (Lipinski definition) is 1. The summed E-state index contributed by atoms with van der Waals surface area (Å²) in [5.74, 6) is -0.0170. The SMILES string of the molecule is [N-]=[N+]=NCCCC[C@H](C=O)NC(=O)OCC1c2ccccc2-c2ccccc21. The first kappa shape index (κ1) is 19.5. The number of nitrogens with one attached hydrogen (secondary N) is 1. The fraction of sp³-hybridized carbons (Fsp3) is 0.333. The summed E-state index contributed by atoms with van der Waals surface area (Å²) in [6.45, 7) is 0.593. The maximum absolute atomic E-state index is 12.2. The van der Waals surface area contributed by atoms with Crippen LogP contribution in [-0.2, 0) is 9.53 Å². The largest absolute Gasteiger partial charge is 0.449 e. The van der Waals surface area contributed by atoms with Crippen LogP contribution in [0.5, 0.6) is 0 Å². The van der Waals surface area contributed by atoms with Crippen LogP contribution < -0.4 is 5.32 Å². The second kappa shape index (κ2) is 9.58. The van der Waals surface area contributed by atoms with Crippen LogP contribution in [0.15, 0.2) is 53.6 Å². The van der Waals surface area contributed by atoms with Gasteiger partial charge in [-0.05, 0) is 40.6 Å². The summed E-state index contributed by atoms with van der Waals surface area (Å²) in [6.07, 6.45) is 1.92. The Labute approximate surface area is 163 Å². The Kier molecular flexibility index (Phi) is 6.65. The number of fused-ring (bicyclic) bond motifs is 3. The normalized spacial score (nSPS) is 13.0. The first-order chi connectivity index (χ1) is 13.7. The average molecular weight is 378 g/mol.